The molecule has 0 spiro atoms. The number of carbonyl (C=O) groups is 1. The van der Waals surface area contributed by atoms with Crippen molar-refractivity contribution in [1.29, 1.82) is 0 Å². The molecule has 0 atom stereocenters. The summed E-state index contributed by atoms with van der Waals surface area (Å²) in [5, 5.41) is 17.9. The van der Waals surface area contributed by atoms with E-state index in [2.05, 4.69) is 31.6 Å². The van der Waals surface area contributed by atoms with Crippen LogP contribution in [0.25, 0.3) is 0 Å². The van der Waals surface area contributed by atoms with Crippen LogP contribution in [0.1, 0.15) is 21.8 Å². The summed E-state index contributed by atoms with van der Waals surface area (Å²) >= 11 is 3.28. The zero-order chi connectivity index (χ0) is 14.7. The van der Waals surface area contributed by atoms with Crippen LogP contribution in [0.3, 0.4) is 0 Å². The van der Waals surface area contributed by atoms with Gasteiger partial charge in [0.05, 0.1) is 5.69 Å². The highest BCUT2D eigenvalue weighted by molar-refractivity contribution is 9.10. The van der Waals surface area contributed by atoms with Gasteiger partial charge in [0.2, 0.25) is 0 Å². The number of carbonyl (C=O) groups excluding carboxylic acids is 1. The van der Waals surface area contributed by atoms with E-state index in [1.165, 1.54) is 6.07 Å². The fourth-order valence-electron chi connectivity index (χ4n) is 1.55. The molecule has 0 aliphatic rings. The van der Waals surface area contributed by atoms with Crippen LogP contribution in [0.5, 0.6) is 0 Å². The second-order valence-electron chi connectivity index (χ2n) is 3.95. The molecular weight excluding hydrogens is 328 g/mol. The number of amides is 1. The van der Waals surface area contributed by atoms with E-state index in [4.69, 9.17) is 15.5 Å². The Morgan fingerprint density at radius 3 is 2.85 bits per heavy atom. The molecule has 104 valence electrons. The SMILES string of the molecule is Cc1cc(C(=O)Nc2ccc(Br)cc2/C(N)=N/O)no1. The van der Waals surface area contributed by atoms with Crippen molar-refractivity contribution >= 4 is 33.4 Å². The summed E-state index contributed by atoms with van der Waals surface area (Å²) in [6, 6.07) is 6.48. The normalized spacial score (nSPS) is 11.4. The molecule has 7 nitrogen and oxygen atoms in total. The van der Waals surface area contributed by atoms with Crippen LogP contribution in [0.4, 0.5) is 5.69 Å². The molecule has 1 aromatic heterocycles. The molecule has 20 heavy (non-hydrogen) atoms. The lowest BCUT2D eigenvalue weighted by molar-refractivity contribution is 0.101. The highest BCUT2D eigenvalue weighted by Gasteiger charge is 2.15. The van der Waals surface area contributed by atoms with Gasteiger partial charge >= 0.3 is 0 Å². The number of hydrogen-bond donors (Lipinski definition) is 3. The van der Waals surface area contributed by atoms with E-state index >= 15 is 0 Å². The van der Waals surface area contributed by atoms with Crippen molar-refractivity contribution in [3.8, 4) is 0 Å². The topological polar surface area (TPSA) is 114 Å². The molecule has 0 aliphatic carbocycles. The van der Waals surface area contributed by atoms with Crippen molar-refractivity contribution in [2.24, 2.45) is 10.9 Å². The lowest BCUT2D eigenvalue weighted by Crippen LogP contribution is -2.19. The zero-order valence-corrected chi connectivity index (χ0v) is 12.0. The maximum atomic E-state index is 12.0. The molecule has 0 unspecified atom stereocenters. The third kappa shape index (κ3) is 2.97. The molecule has 0 bridgehead atoms. The molecule has 0 fully saturated rings. The van der Waals surface area contributed by atoms with E-state index in [1.807, 2.05) is 0 Å². The summed E-state index contributed by atoms with van der Waals surface area (Å²) < 4.78 is 5.57. The molecule has 2 rings (SSSR count). The number of hydrogen-bond acceptors (Lipinski definition) is 5. The smallest absolute Gasteiger partial charge is 0.277 e. The first kappa shape index (κ1) is 14.1. The third-order valence-corrected chi connectivity index (χ3v) is 2.97. The van der Waals surface area contributed by atoms with Gasteiger partial charge in [-0.25, -0.2) is 0 Å². The van der Waals surface area contributed by atoms with Gasteiger partial charge < -0.3 is 20.8 Å². The van der Waals surface area contributed by atoms with Crippen molar-refractivity contribution in [3.63, 3.8) is 0 Å². The van der Waals surface area contributed by atoms with Crippen molar-refractivity contribution in [2.75, 3.05) is 5.32 Å². The summed E-state index contributed by atoms with van der Waals surface area (Å²) in [6.45, 7) is 1.69. The Balaban J connectivity index is 2.32. The van der Waals surface area contributed by atoms with Crippen LogP contribution in [0.2, 0.25) is 0 Å². The van der Waals surface area contributed by atoms with Crippen LogP contribution in [0, 0.1) is 6.92 Å². The summed E-state index contributed by atoms with van der Waals surface area (Å²) in [4.78, 5) is 12.0. The van der Waals surface area contributed by atoms with Crippen molar-refractivity contribution in [3.05, 3.63) is 45.8 Å². The minimum Gasteiger partial charge on any atom is -0.409 e. The number of benzene rings is 1. The summed E-state index contributed by atoms with van der Waals surface area (Å²) in [6.07, 6.45) is 0. The number of nitrogens with one attached hydrogen (secondary N) is 1. The van der Waals surface area contributed by atoms with E-state index in [0.717, 1.165) is 4.47 Å². The largest absolute Gasteiger partial charge is 0.409 e. The van der Waals surface area contributed by atoms with Crippen molar-refractivity contribution in [2.45, 2.75) is 6.92 Å². The molecule has 0 radical (unpaired) electrons. The Morgan fingerprint density at radius 2 is 2.25 bits per heavy atom. The number of nitrogens with two attached hydrogens (primary N) is 1. The number of halogens is 1. The number of amidine groups is 1. The molecule has 1 amide bonds. The number of aromatic nitrogens is 1. The van der Waals surface area contributed by atoms with Gasteiger partial charge in [0.1, 0.15) is 5.76 Å². The van der Waals surface area contributed by atoms with Gasteiger partial charge in [-0.05, 0) is 25.1 Å². The molecule has 0 saturated carbocycles. The van der Waals surface area contributed by atoms with E-state index in [-0.39, 0.29) is 11.5 Å². The van der Waals surface area contributed by atoms with Gasteiger partial charge in [-0.15, -0.1) is 0 Å². The van der Waals surface area contributed by atoms with Gasteiger partial charge in [-0.1, -0.05) is 26.2 Å². The molecule has 1 aromatic carbocycles. The molecule has 0 aliphatic heterocycles. The fourth-order valence-corrected chi connectivity index (χ4v) is 1.91. The summed E-state index contributed by atoms with van der Waals surface area (Å²) in [5.41, 5.74) is 6.51. The van der Waals surface area contributed by atoms with E-state index in [0.29, 0.717) is 17.0 Å². The quantitative estimate of drug-likeness (QED) is 0.343. The van der Waals surface area contributed by atoms with Crippen LogP contribution >= 0.6 is 15.9 Å². The predicted molar refractivity (Wildman–Crippen MR) is 75.8 cm³/mol. The van der Waals surface area contributed by atoms with Gasteiger partial charge in [0, 0.05) is 16.1 Å². The predicted octanol–water partition coefficient (Wildman–Crippen LogP) is 2.09. The van der Waals surface area contributed by atoms with Crippen molar-refractivity contribution < 1.29 is 14.5 Å². The fraction of sp³-hybridized carbons (Fsp3) is 0.0833. The second-order valence-corrected chi connectivity index (χ2v) is 4.87. The summed E-state index contributed by atoms with van der Waals surface area (Å²) in [7, 11) is 0. The van der Waals surface area contributed by atoms with Gasteiger partial charge in [-0.2, -0.15) is 0 Å². The first-order chi connectivity index (χ1) is 9.51. The molecule has 4 N–H and O–H groups in total. The van der Waals surface area contributed by atoms with Crippen molar-refractivity contribution in [1.82, 2.24) is 5.16 Å². The number of nitrogens with zero attached hydrogens (tertiary/aromatic N) is 2. The summed E-state index contributed by atoms with van der Waals surface area (Å²) in [5.74, 6) is -0.0308. The Labute approximate surface area is 122 Å². The molecule has 2 aromatic rings. The van der Waals surface area contributed by atoms with E-state index in [1.54, 1.807) is 25.1 Å². The maximum absolute atomic E-state index is 12.0. The Kier molecular flexibility index (Phi) is 4.04. The first-order valence-electron chi connectivity index (χ1n) is 5.53. The monoisotopic (exact) mass is 338 g/mol. The van der Waals surface area contributed by atoms with E-state index < -0.39 is 5.91 Å². The number of aryl methyl sites for hydroxylation is 1. The minimum atomic E-state index is -0.448. The number of oxime groups is 1. The molecule has 1 heterocycles. The Hall–Kier alpha value is -2.35. The molecule has 8 heteroatoms. The zero-order valence-electron chi connectivity index (χ0n) is 10.4. The van der Waals surface area contributed by atoms with Gasteiger partial charge in [0.15, 0.2) is 11.5 Å². The van der Waals surface area contributed by atoms with Gasteiger partial charge in [0.25, 0.3) is 5.91 Å². The standard InChI is InChI=1S/C12H11BrN4O3/c1-6-4-10(17-20-6)12(18)15-9-3-2-7(13)5-8(9)11(14)16-19/h2-5,19H,1H3,(H2,14,16)(H,15,18). The number of rotatable bonds is 3. The van der Waals surface area contributed by atoms with Crippen LogP contribution in [0.15, 0.2) is 38.4 Å². The van der Waals surface area contributed by atoms with Crippen LogP contribution in [-0.4, -0.2) is 22.1 Å². The Morgan fingerprint density at radius 1 is 1.50 bits per heavy atom. The third-order valence-electron chi connectivity index (χ3n) is 2.47. The highest BCUT2D eigenvalue weighted by Crippen LogP contribution is 2.21. The average molecular weight is 339 g/mol. The average Bonchev–Trinajstić information content (AvgIpc) is 2.86. The Bertz CT molecular complexity index is 681. The lowest BCUT2D eigenvalue weighted by atomic mass is 10.1. The molecule has 0 saturated heterocycles. The highest BCUT2D eigenvalue weighted by atomic mass is 79.9. The maximum Gasteiger partial charge on any atom is 0.277 e. The first-order valence-corrected chi connectivity index (χ1v) is 6.32. The van der Waals surface area contributed by atoms with Crippen LogP contribution in [-0.2, 0) is 0 Å². The second kappa shape index (κ2) is 5.74. The number of anilines is 1. The van der Waals surface area contributed by atoms with Crippen LogP contribution < -0.4 is 11.1 Å². The minimum absolute atomic E-state index is 0.113. The molecular formula is C12H11BrN4O3. The lowest BCUT2D eigenvalue weighted by Gasteiger charge is -2.09. The van der Waals surface area contributed by atoms with E-state index in [9.17, 15) is 4.79 Å². The van der Waals surface area contributed by atoms with Gasteiger partial charge in [-0.3, -0.25) is 4.79 Å².